The predicted octanol–water partition coefficient (Wildman–Crippen LogP) is 1.20. The Morgan fingerprint density at radius 1 is 1.50 bits per heavy atom. The molecule has 0 fully saturated rings. The fourth-order valence-corrected chi connectivity index (χ4v) is 1.81. The van der Waals surface area contributed by atoms with Crippen LogP contribution in [0.3, 0.4) is 0 Å². The number of carbonyl (C=O) groups is 1. The van der Waals surface area contributed by atoms with Crippen molar-refractivity contribution < 1.29 is 19.4 Å². The van der Waals surface area contributed by atoms with Gasteiger partial charge in [-0.05, 0) is 12.3 Å². The summed E-state index contributed by atoms with van der Waals surface area (Å²) in [5, 5.41) is 8.64. The minimum Gasteiger partial charge on any atom is -0.481 e. The van der Waals surface area contributed by atoms with Gasteiger partial charge in [-0.3, -0.25) is 9.36 Å². The maximum absolute atomic E-state index is 10.5. The zero-order valence-electron chi connectivity index (χ0n) is 7.28. The number of carboxylic acids is 1. The fraction of sp³-hybridized carbons (Fsp3) is 0.857. The zero-order valence-corrected chi connectivity index (χ0v) is 8.28. The van der Waals surface area contributed by atoms with Crippen LogP contribution >= 0.6 is 8.03 Å². The molecule has 2 unspecified atom stereocenters. The summed E-state index contributed by atoms with van der Waals surface area (Å²) in [7, 11) is -2.65. The molecule has 0 amide bonds. The van der Waals surface area contributed by atoms with Gasteiger partial charge in [-0.2, -0.15) is 0 Å². The van der Waals surface area contributed by atoms with Crippen molar-refractivity contribution in [1.82, 2.24) is 0 Å². The van der Waals surface area contributed by atoms with E-state index in [1.807, 2.05) is 13.8 Å². The van der Waals surface area contributed by atoms with E-state index in [9.17, 15) is 9.36 Å². The Kier molecular flexibility index (Phi) is 5.18. The van der Waals surface area contributed by atoms with E-state index >= 15 is 0 Å². The lowest BCUT2D eigenvalue weighted by Crippen LogP contribution is -2.18. The van der Waals surface area contributed by atoms with E-state index in [-0.39, 0.29) is 12.1 Å². The Hall–Kier alpha value is -0.340. The second kappa shape index (κ2) is 5.33. The van der Waals surface area contributed by atoms with Gasteiger partial charge in [0, 0.05) is 6.16 Å². The van der Waals surface area contributed by atoms with Gasteiger partial charge in [-0.15, -0.1) is 0 Å². The van der Waals surface area contributed by atoms with Crippen LogP contribution in [0.1, 0.15) is 20.3 Å². The predicted molar refractivity (Wildman–Crippen MR) is 46.7 cm³/mol. The molecule has 0 aliphatic heterocycles. The summed E-state index contributed by atoms with van der Waals surface area (Å²) < 4.78 is 10.4. The molecule has 0 rings (SSSR count). The van der Waals surface area contributed by atoms with Crippen LogP contribution in [0, 0.1) is 11.8 Å². The number of rotatable bonds is 5. The van der Waals surface area contributed by atoms with Gasteiger partial charge in [0.25, 0.3) is 0 Å². The average molecular weight is 194 g/mol. The molecule has 0 spiro atoms. The molecule has 4 nitrogen and oxygen atoms in total. The Morgan fingerprint density at radius 2 is 2.00 bits per heavy atom. The van der Waals surface area contributed by atoms with Crippen molar-refractivity contribution in [3.8, 4) is 0 Å². The zero-order chi connectivity index (χ0) is 9.72. The first kappa shape index (κ1) is 11.7. The van der Waals surface area contributed by atoms with Crippen molar-refractivity contribution in [2.24, 2.45) is 11.8 Å². The maximum Gasteiger partial charge on any atom is 0.307 e. The van der Waals surface area contributed by atoms with E-state index in [0.29, 0.717) is 6.42 Å². The number of carboxylic acid groups (broad SMARTS) is 1. The molecule has 0 aromatic heterocycles. The highest BCUT2D eigenvalue weighted by atomic mass is 31.1. The van der Waals surface area contributed by atoms with Crippen LogP contribution in [-0.2, 0) is 9.36 Å². The SMILES string of the molecule is CC(C)CC(C[PH](=O)O)C(=O)O. The number of hydrogen-bond donors (Lipinski definition) is 2. The first-order chi connectivity index (χ1) is 5.43. The van der Waals surface area contributed by atoms with Gasteiger partial charge in [0.15, 0.2) is 8.03 Å². The summed E-state index contributed by atoms with van der Waals surface area (Å²) in [4.78, 5) is 19.1. The molecule has 0 saturated carbocycles. The van der Waals surface area contributed by atoms with Gasteiger partial charge in [0.2, 0.25) is 0 Å². The molecule has 12 heavy (non-hydrogen) atoms. The van der Waals surface area contributed by atoms with Crippen molar-refractivity contribution in [3.05, 3.63) is 0 Å². The molecule has 0 aliphatic rings. The monoisotopic (exact) mass is 194 g/mol. The first-order valence-corrected chi connectivity index (χ1v) is 5.44. The van der Waals surface area contributed by atoms with E-state index in [2.05, 4.69) is 0 Å². The van der Waals surface area contributed by atoms with Gasteiger partial charge >= 0.3 is 5.97 Å². The topological polar surface area (TPSA) is 74.6 Å². The third-order valence-electron chi connectivity index (χ3n) is 1.53. The Labute approximate surface area is 72.5 Å². The van der Waals surface area contributed by atoms with Crippen molar-refractivity contribution in [1.29, 1.82) is 0 Å². The minimum atomic E-state index is -2.65. The van der Waals surface area contributed by atoms with Crippen LogP contribution in [0.4, 0.5) is 0 Å². The summed E-state index contributed by atoms with van der Waals surface area (Å²) >= 11 is 0. The molecule has 2 atom stereocenters. The van der Waals surface area contributed by atoms with Crippen molar-refractivity contribution in [3.63, 3.8) is 0 Å². The Bertz CT molecular complexity index is 178. The van der Waals surface area contributed by atoms with Gasteiger partial charge in [0.05, 0.1) is 5.92 Å². The summed E-state index contributed by atoms with van der Waals surface area (Å²) in [6.45, 7) is 3.79. The quantitative estimate of drug-likeness (QED) is 0.645. The average Bonchev–Trinajstić information content (AvgIpc) is 1.83. The Balaban J connectivity index is 4.04. The van der Waals surface area contributed by atoms with Crippen molar-refractivity contribution in [2.75, 3.05) is 6.16 Å². The van der Waals surface area contributed by atoms with Gasteiger partial charge in [-0.1, -0.05) is 13.8 Å². The van der Waals surface area contributed by atoms with Crippen LogP contribution in [0.15, 0.2) is 0 Å². The maximum atomic E-state index is 10.5. The van der Waals surface area contributed by atoms with E-state index in [0.717, 1.165) is 0 Å². The lowest BCUT2D eigenvalue weighted by molar-refractivity contribution is -0.141. The first-order valence-electron chi connectivity index (χ1n) is 3.88. The fourth-order valence-electron chi connectivity index (χ4n) is 1.05. The van der Waals surface area contributed by atoms with E-state index in [1.165, 1.54) is 0 Å². The smallest absolute Gasteiger partial charge is 0.307 e. The number of aliphatic carboxylic acids is 1. The normalized spacial score (nSPS) is 16.0. The van der Waals surface area contributed by atoms with Gasteiger partial charge < -0.3 is 10.00 Å². The molecular formula is C7H15O4P. The minimum absolute atomic E-state index is 0.0990. The molecule has 72 valence electrons. The molecular weight excluding hydrogens is 179 g/mol. The molecule has 2 N–H and O–H groups in total. The summed E-state index contributed by atoms with van der Waals surface area (Å²) in [6.07, 6.45) is 0.366. The second-order valence-corrected chi connectivity index (χ2v) is 4.46. The van der Waals surface area contributed by atoms with Crippen LogP contribution in [0.2, 0.25) is 0 Å². The molecule has 0 saturated heterocycles. The molecule has 5 heteroatoms. The van der Waals surface area contributed by atoms with E-state index < -0.39 is 19.9 Å². The molecule has 0 radical (unpaired) electrons. The summed E-state index contributed by atoms with van der Waals surface area (Å²) in [5.74, 6) is -1.40. The highest BCUT2D eigenvalue weighted by Crippen LogP contribution is 2.23. The van der Waals surface area contributed by atoms with E-state index in [1.54, 1.807) is 0 Å². The van der Waals surface area contributed by atoms with Crippen LogP contribution < -0.4 is 0 Å². The molecule has 0 aliphatic carbocycles. The van der Waals surface area contributed by atoms with Crippen LogP contribution in [-0.4, -0.2) is 22.1 Å². The molecule has 0 aromatic rings. The van der Waals surface area contributed by atoms with Gasteiger partial charge in [-0.25, -0.2) is 0 Å². The Morgan fingerprint density at radius 3 is 2.25 bits per heavy atom. The second-order valence-electron chi connectivity index (χ2n) is 3.26. The highest BCUT2D eigenvalue weighted by Gasteiger charge is 2.20. The van der Waals surface area contributed by atoms with Crippen molar-refractivity contribution in [2.45, 2.75) is 20.3 Å². The standard InChI is InChI=1S/C7H15O4P/c1-5(2)3-6(7(8)9)4-12(10)11/h5-6,12H,3-4H2,1-2H3,(H,8,9)(H,10,11). The number of hydrogen-bond acceptors (Lipinski definition) is 2. The summed E-state index contributed by atoms with van der Waals surface area (Å²) in [5.41, 5.74) is 0. The lowest BCUT2D eigenvalue weighted by Gasteiger charge is -2.12. The van der Waals surface area contributed by atoms with Crippen LogP contribution in [0.5, 0.6) is 0 Å². The lowest BCUT2D eigenvalue weighted by atomic mass is 9.99. The molecule has 0 heterocycles. The van der Waals surface area contributed by atoms with Crippen molar-refractivity contribution >= 4 is 14.0 Å². The third kappa shape index (κ3) is 5.33. The third-order valence-corrected chi connectivity index (χ3v) is 2.37. The summed E-state index contributed by atoms with van der Waals surface area (Å²) in [6, 6.07) is 0. The van der Waals surface area contributed by atoms with Gasteiger partial charge in [0.1, 0.15) is 0 Å². The largest absolute Gasteiger partial charge is 0.481 e. The molecule has 0 aromatic carbocycles. The van der Waals surface area contributed by atoms with Crippen LogP contribution in [0.25, 0.3) is 0 Å². The van der Waals surface area contributed by atoms with E-state index in [4.69, 9.17) is 10.00 Å². The molecule has 0 bridgehead atoms. The highest BCUT2D eigenvalue weighted by molar-refractivity contribution is 7.38.